The lowest BCUT2D eigenvalue weighted by molar-refractivity contribution is 0.138. The molecule has 110 valence electrons. The van der Waals surface area contributed by atoms with Gasteiger partial charge in [0.2, 0.25) is 0 Å². The number of hydrogen-bond acceptors (Lipinski definition) is 3. The zero-order valence-electron chi connectivity index (χ0n) is 12.5. The first-order valence-corrected chi connectivity index (χ1v) is 7.04. The molecule has 0 amide bonds. The van der Waals surface area contributed by atoms with Gasteiger partial charge < -0.3 is 18.8 Å². The number of pyridine rings is 1. The number of aromatic nitrogens is 2. The normalized spacial score (nSPS) is 11.6. The molecule has 5 nitrogen and oxygen atoms in total. The summed E-state index contributed by atoms with van der Waals surface area (Å²) in [6, 6.07) is 3.99. The molecular formula is C15H23N3O2. The van der Waals surface area contributed by atoms with Crippen molar-refractivity contribution in [1.82, 2.24) is 14.0 Å². The van der Waals surface area contributed by atoms with Crippen LogP contribution < -0.4 is 5.56 Å². The van der Waals surface area contributed by atoms with Gasteiger partial charge in [-0.15, -0.1) is 0 Å². The fourth-order valence-corrected chi connectivity index (χ4v) is 2.22. The summed E-state index contributed by atoms with van der Waals surface area (Å²) in [4.78, 5) is 14.6. The number of fused-ring (bicyclic) bond motifs is 1. The van der Waals surface area contributed by atoms with Crippen molar-refractivity contribution in [2.75, 3.05) is 33.9 Å². The van der Waals surface area contributed by atoms with E-state index in [1.807, 2.05) is 50.1 Å². The highest BCUT2D eigenvalue weighted by Gasteiger charge is 2.08. The van der Waals surface area contributed by atoms with Crippen molar-refractivity contribution in [2.45, 2.75) is 20.0 Å². The van der Waals surface area contributed by atoms with E-state index in [0.717, 1.165) is 24.0 Å². The molecule has 0 saturated heterocycles. The van der Waals surface area contributed by atoms with Crippen LogP contribution in [-0.4, -0.2) is 47.9 Å². The Morgan fingerprint density at radius 2 is 1.85 bits per heavy atom. The van der Waals surface area contributed by atoms with Crippen LogP contribution in [0, 0.1) is 0 Å². The minimum atomic E-state index is 0.0611. The number of nitrogens with zero attached hydrogens (tertiary/aromatic N) is 3. The summed E-state index contributed by atoms with van der Waals surface area (Å²) in [6.45, 7) is 5.54. The molecular weight excluding hydrogens is 254 g/mol. The molecule has 0 bridgehead atoms. The molecule has 2 aromatic heterocycles. The number of hydrogen-bond donors (Lipinski definition) is 0. The summed E-state index contributed by atoms with van der Waals surface area (Å²) in [5.41, 5.74) is 0.844. The Labute approximate surface area is 119 Å². The van der Waals surface area contributed by atoms with E-state index in [4.69, 9.17) is 4.74 Å². The van der Waals surface area contributed by atoms with Gasteiger partial charge in [0.15, 0.2) is 0 Å². The van der Waals surface area contributed by atoms with E-state index in [9.17, 15) is 4.79 Å². The van der Waals surface area contributed by atoms with E-state index < -0.39 is 0 Å². The zero-order chi connectivity index (χ0) is 14.5. The predicted octanol–water partition coefficient (Wildman–Crippen LogP) is 1.40. The van der Waals surface area contributed by atoms with Gasteiger partial charge in [-0.05, 0) is 33.2 Å². The zero-order valence-corrected chi connectivity index (χ0v) is 12.5. The third-order valence-electron chi connectivity index (χ3n) is 3.36. The summed E-state index contributed by atoms with van der Waals surface area (Å²) >= 11 is 0. The molecule has 0 spiro atoms. The van der Waals surface area contributed by atoms with E-state index in [0.29, 0.717) is 19.8 Å². The van der Waals surface area contributed by atoms with Crippen molar-refractivity contribution >= 4 is 10.9 Å². The van der Waals surface area contributed by atoms with Gasteiger partial charge in [-0.1, -0.05) is 0 Å². The van der Waals surface area contributed by atoms with Crippen LogP contribution in [0.5, 0.6) is 0 Å². The maximum Gasteiger partial charge on any atom is 0.275 e. The molecule has 20 heavy (non-hydrogen) atoms. The summed E-state index contributed by atoms with van der Waals surface area (Å²) < 4.78 is 9.08. The lowest BCUT2D eigenvalue weighted by atomic mass is 10.3. The predicted molar refractivity (Wildman–Crippen MR) is 81.2 cm³/mol. The Morgan fingerprint density at radius 1 is 1.15 bits per heavy atom. The van der Waals surface area contributed by atoms with Crippen LogP contribution in [0.3, 0.4) is 0 Å². The Kier molecular flexibility index (Phi) is 4.98. The molecule has 2 rings (SSSR count). The Bertz CT molecular complexity index is 613. The van der Waals surface area contributed by atoms with Gasteiger partial charge in [0.1, 0.15) is 5.52 Å². The van der Waals surface area contributed by atoms with E-state index in [1.165, 1.54) is 0 Å². The Hall–Kier alpha value is -1.59. The summed E-state index contributed by atoms with van der Waals surface area (Å²) in [7, 11) is 4.07. The largest absolute Gasteiger partial charge is 0.380 e. The van der Waals surface area contributed by atoms with Gasteiger partial charge in [-0.3, -0.25) is 4.79 Å². The smallest absolute Gasteiger partial charge is 0.275 e. The van der Waals surface area contributed by atoms with Gasteiger partial charge >= 0.3 is 0 Å². The SMILES string of the molecule is CCOCCn1ccc2ccn(CCN(C)C)c2c1=O. The maximum atomic E-state index is 12.5. The maximum absolute atomic E-state index is 12.5. The summed E-state index contributed by atoms with van der Waals surface area (Å²) in [6.07, 6.45) is 3.84. The molecule has 0 fully saturated rings. The molecule has 0 aliphatic heterocycles. The average Bonchev–Trinajstić information content (AvgIpc) is 2.83. The van der Waals surface area contributed by atoms with E-state index >= 15 is 0 Å². The molecule has 0 N–H and O–H groups in total. The van der Waals surface area contributed by atoms with Gasteiger partial charge in [0.05, 0.1) is 6.61 Å². The van der Waals surface area contributed by atoms with Crippen molar-refractivity contribution in [2.24, 2.45) is 0 Å². The first-order valence-electron chi connectivity index (χ1n) is 7.04. The van der Waals surface area contributed by atoms with E-state index in [1.54, 1.807) is 4.57 Å². The van der Waals surface area contributed by atoms with Crippen molar-refractivity contribution in [3.8, 4) is 0 Å². The van der Waals surface area contributed by atoms with Gasteiger partial charge in [0.25, 0.3) is 5.56 Å². The fraction of sp³-hybridized carbons (Fsp3) is 0.533. The second-order valence-corrected chi connectivity index (χ2v) is 5.13. The molecule has 0 unspecified atom stereocenters. The van der Waals surface area contributed by atoms with Crippen LogP contribution in [0.2, 0.25) is 0 Å². The summed E-state index contributed by atoms with van der Waals surface area (Å²) in [5, 5.41) is 1.00. The topological polar surface area (TPSA) is 39.4 Å². The molecule has 0 aliphatic carbocycles. The van der Waals surface area contributed by atoms with Crippen molar-refractivity contribution in [3.63, 3.8) is 0 Å². The van der Waals surface area contributed by atoms with Gasteiger partial charge in [-0.2, -0.15) is 0 Å². The monoisotopic (exact) mass is 277 g/mol. The molecule has 2 heterocycles. The molecule has 0 saturated carbocycles. The average molecular weight is 277 g/mol. The van der Waals surface area contributed by atoms with Crippen LogP contribution in [0.15, 0.2) is 29.3 Å². The van der Waals surface area contributed by atoms with Crippen LogP contribution >= 0.6 is 0 Å². The van der Waals surface area contributed by atoms with Crippen molar-refractivity contribution in [3.05, 3.63) is 34.9 Å². The van der Waals surface area contributed by atoms with Crippen LogP contribution in [0.25, 0.3) is 10.9 Å². The quantitative estimate of drug-likeness (QED) is 0.718. The molecule has 5 heteroatoms. The summed E-state index contributed by atoms with van der Waals surface area (Å²) in [5.74, 6) is 0. The van der Waals surface area contributed by atoms with Crippen LogP contribution in [-0.2, 0) is 17.8 Å². The van der Waals surface area contributed by atoms with Crippen molar-refractivity contribution < 1.29 is 4.74 Å². The van der Waals surface area contributed by atoms with E-state index in [2.05, 4.69) is 4.90 Å². The first kappa shape index (κ1) is 14.8. The molecule has 0 aromatic carbocycles. The highest BCUT2D eigenvalue weighted by atomic mass is 16.5. The first-order chi connectivity index (χ1) is 9.63. The minimum Gasteiger partial charge on any atom is -0.380 e. The lowest BCUT2D eigenvalue weighted by Crippen LogP contribution is -2.25. The Morgan fingerprint density at radius 3 is 2.50 bits per heavy atom. The fourth-order valence-electron chi connectivity index (χ4n) is 2.22. The third kappa shape index (κ3) is 3.29. The highest BCUT2D eigenvalue weighted by molar-refractivity contribution is 5.78. The van der Waals surface area contributed by atoms with Crippen molar-refractivity contribution in [1.29, 1.82) is 0 Å². The van der Waals surface area contributed by atoms with Gasteiger partial charge in [0, 0.05) is 44.0 Å². The number of likely N-dealkylation sites (N-methyl/N-ethyl adjacent to an activating group) is 1. The highest BCUT2D eigenvalue weighted by Crippen LogP contribution is 2.11. The molecule has 0 aliphatic rings. The number of ether oxygens (including phenoxy) is 1. The van der Waals surface area contributed by atoms with Gasteiger partial charge in [-0.25, -0.2) is 0 Å². The van der Waals surface area contributed by atoms with Crippen LogP contribution in [0.1, 0.15) is 6.92 Å². The second-order valence-electron chi connectivity index (χ2n) is 5.13. The lowest BCUT2D eigenvalue weighted by Gasteiger charge is -2.12. The molecule has 2 aromatic rings. The third-order valence-corrected chi connectivity index (χ3v) is 3.36. The van der Waals surface area contributed by atoms with E-state index in [-0.39, 0.29) is 5.56 Å². The number of rotatable bonds is 7. The minimum absolute atomic E-state index is 0.0611. The molecule has 0 atom stereocenters. The second kappa shape index (κ2) is 6.72. The Balaban J connectivity index is 2.27. The molecule has 0 radical (unpaired) electrons. The van der Waals surface area contributed by atoms with Crippen LogP contribution in [0.4, 0.5) is 0 Å². The standard InChI is InChI=1S/C15H23N3O2/c1-4-20-12-11-18-8-6-13-5-7-17(10-9-16(2)3)14(13)15(18)19/h5-8H,4,9-12H2,1-3H3.